The number of ether oxygens (including phenoxy) is 2. The molecule has 35 heavy (non-hydrogen) atoms. The Morgan fingerprint density at radius 3 is 2.54 bits per heavy atom. The fourth-order valence-electron chi connectivity index (χ4n) is 4.00. The van der Waals surface area contributed by atoms with Gasteiger partial charge in [0.05, 0.1) is 25.6 Å². The number of nitrogens with zero attached hydrogens (tertiary/aromatic N) is 2. The van der Waals surface area contributed by atoms with E-state index < -0.39 is 11.9 Å². The zero-order chi connectivity index (χ0) is 25.1. The number of methoxy groups -OCH3 is 1. The number of amides is 1. The van der Waals surface area contributed by atoms with E-state index in [1.807, 2.05) is 0 Å². The molecule has 0 aliphatic carbocycles. The summed E-state index contributed by atoms with van der Waals surface area (Å²) in [5, 5.41) is 1.25. The average Bonchev–Trinajstić information content (AvgIpc) is 3.13. The molecular weight excluding hydrogens is 470 g/mol. The summed E-state index contributed by atoms with van der Waals surface area (Å²) in [6.45, 7) is 2.01. The van der Waals surface area contributed by atoms with Crippen molar-refractivity contribution in [2.75, 3.05) is 20.4 Å². The molecule has 1 aliphatic rings. The Bertz CT molecular complexity index is 1370. The van der Waals surface area contributed by atoms with E-state index in [0.29, 0.717) is 38.7 Å². The maximum Gasteiger partial charge on any atom is 0.312 e. The van der Waals surface area contributed by atoms with E-state index in [-0.39, 0.29) is 25.6 Å². The van der Waals surface area contributed by atoms with Gasteiger partial charge >= 0.3 is 5.97 Å². The minimum atomic E-state index is -0.520. The number of allylic oxidation sites excluding steroid dienone is 2. The molecule has 9 heteroatoms. The van der Waals surface area contributed by atoms with Crippen LogP contribution in [0.4, 0.5) is 0 Å². The summed E-state index contributed by atoms with van der Waals surface area (Å²) in [6, 6.07) is 12.0. The average molecular weight is 494 g/mol. The maximum atomic E-state index is 13.4. The summed E-state index contributed by atoms with van der Waals surface area (Å²) >= 11 is 5.98. The van der Waals surface area contributed by atoms with Gasteiger partial charge < -0.3 is 20.1 Å². The molecule has 2 aromatic carbocycles. The number of benzene rings is 2. The molecule has 0 fully saturated rings. The normalized spacial score (nSPS) is 13.0. The number of carbonyl (C=O) groups excluding carboxylic acids is 3. The van der Waals surface area contributed by atoms with E-state index in [0.717, 1.165) is 5.39 Å². The number of esters is 1. The van der Waals surface area contributed by atoms with Gasteiger partial charge in [0.2, 0.25) is 5.91 Å². The largest absolute Gasteiger partial charge is 0.497 e. The molecule has 1 amide bonds. The van der Waals surface area contributed by atoms with Crippen molar-refractivity contribution in [3.8, 4) is 5.75 Å². The molecule has 2 heterocycles. The Morgan fingerprint density at radius 1 is 1.11 bits per heavy atom. The lowest BCUT2D eigenvalue weighted by molar-refractivity contribution is -0.146. The Hall–Kier alpha value is -4.04. The van der Waals surface area contributed by atoms with Gasteiger partial charge in [-0.25, -0.2) is 0 Å². The van der Waals surface area contributed by atoms with Crippen molar-refractivity contribution in [1.29, 1.82) is 0 Å². The molecule has 0 saturated heterocycles. The van der Waals surface area contributed by atoms with Gasteiger partial charge in [-0.2, -0.15) is 0 Å². The highest BCUT2D eigenvalue weighted by Gasteiger charge is 2.23. The van der Waals surface area contributed by atoms with E-state index >= 15 is 0 Å². The predicted molar refractivity (Wildman–Crippen MR) is 132 cm³/mol. The van der Waals surface area contributed by atoms with Crippen LogP contribution in [-0.4, -0.2) is 47.6 Å². The molecule has 4 rings (SSSR count). The lowest BCUT2D eigenvalue weighted by Gasteiger charge is -2.22. The number of aromatic nitrogens is 1. The number of rotatable bonds is 7. The fraction of sp³-hybridized carbons (Fsp3) is 0.192. The van der Waals surface area contributed by atoms with Crippen molar-refractivity contribution in [3.63, 3.8) is 0 Å². The highest BCUT2D eigenvalue weighted by atomic mass is 35.5. The van der Waals surface area contributed by atoms with Gasteiger partial charge in [0.1, 0.15) is 5.75 Å². The molecule has 3 aromatic rings. The van der Waals surface area contributed by atoms with Crippen LogP contribution in [0.1, 0.15) is 21.6 Å². The third-order valence-electron chi connectivity index (χ3n) is 5.83. The molecule has 0 unspecified atom stereocenters. The van der Waals surface area contributed by atoms with E-state index in [1.54, 1.807) is 84.3 Å². The van der Waals surface area contributed by atoms with Crippen LogP contribution in [0.15, 0.2) is 66.4 Å². The summed E-state index contributed by atoms with van der Waals surface area (Å²) in [5.41, 5.74) is 8.17. The second-order valence-corrected chi connectivity index (χ2v) is 8.50. The van der Waals surface area contributed by atoms with E-state index in [4.69, 9.17) is 26.8 Å². The lowest BCUT2D eigenvalue weighted by Crippen LogP contribution is -2.31. The van der Waals surface area contributed by atoms with Crippen LogP contribution >= 0.6 is 11.6 Å². The van der Waals surface area contributed by atoms with Crippen LogP contribution < -0.4 is 10.5 Å². The van der Waals surface area contributed by atoms with Crippen LogP contribution in [0.2, 0.25) is 5.02 Å². The fourth-order valence-corrected chi connectivity index (χ4v) is 4.13. The molecule has 0 bridgehead atoms. The van der Waals surface area contributed by atoms with Gasteiger partial charge in [-0.1, -0.05) is 17.7 Å². The zero-order valence-electron chi connectivity index (χ0n) is 19.3. The molecule has 180 valence electrons. The van der Waals surface area contributed by atoms with E-state index in [1.165, 1.54) is 0 Å². The zero-order valence-corrected chi connectivity index (χ0v) is 20.0. The number of carbonyl (C=O) groups is 3. The number of hydrogen-bond acceptors (Lipinski definition) is 6. The summed E-state index contributed by atoms with van der Waals surface area (Å²) in [6.07, 6.45) is 4.97. The molecule has 0 radical (unpaired) electrons. The molecular formula is C26H24ClN3O5. The van der Waals surface area contributed by atoms with E-state index in [2.05, 4.69) is 0 Å². The minimum absolute atomic E-state index is 0.0370. The monoisotopic (exact) mass is 493 g/mol. The van der Waals surface area contributed by atoms with Crippen molar-refractivity contribution in [3.05, 3.63) is 88.2 Å². The minimum Gasteiger partial charge on any atom is -0.497 e. The third-order valence-corrected chi connectivity index (χ3v) is 6.08. The predicted octanol–water partition coefficient (Wildman–Crippen LogP) is 3.58. The van der Waals surface area contributed by atoms with Crippen LogP contribution in [-0.2, 0) is 20.7 Å². The molecule has 1 aliphatic heterocycles. The second kappa shape index (κ2) is 10.1. The van der Waals surface area contributed by atoms with Crippen LogP contribution in [0, 0.1) is 6.92 Å². The Morgan fingerprint density at radius 2 is 1.86 bits per heavy atom. The SMILES string of the molecule is COc1ccc2c(c1)c(CC(=O)OCN1C=CC=C(C(N)=O)C1)c(C)n2C(=O)c1ccc(Cl)cc1. The Labute approximate surface area is 207 Å². The highest BCUT2D eigenvalue weighted by Crippen LogP contribution is 2.31. The summed E-state index contributed by atoms with van der Waals surface area (Å²) in [4.78, 5) is 39.2. The van der Waals surface area contributed by atoms with Gasteiger partial charge in [0.25, 0.3) is 5.91 Å². The molecule has 0 saturated carbocycles. The first-order chi connectivity index (χ1) is 16.8. The summed E-state index contributed by atoms with van der Waals surface area (Å²) in [5.74, 6) is -0.628. The first kappa shape index (κ1) is 24.1. The maximum absolute atomic E-state index is 13.4. The molecule has 0 spiro atoms. The molecule has 2 N–H and O–H groups in total. The van der Waals surface area contributed by atoms with Gasteiger partial charge in [0, 0.05) is 33.4 Å². The Balaban J connectivity index is 1.60. The first-order valence-corrected chi connectivity index (χ1v) is 11.2. The van der Waals surface area contributed by atoms with Crippen molar-refractivity contribution < 1.29 is 23.9 Å². The van der Waals surface area contributed by atoms with Gasteiger partial charge in [-0.15, -0.1) is 0 Å². The number of hydrogen-bond donors (Lipinski definition) is 1. The highest BCUT2D eigenvalue weighted by molar-refractivity contribution is 6.30. The number of nitrogens with two attached hydrogens (primary N) is 1. The number of fused-ring (bicyclic) bond motifs is 1. The van der Waals surface area contributed by atoms with Crippen molar-refractivity contribution in [2.24, 2.45) is 5.73 Å². The van der Waals surface area contributed by atoms with Gasteiger partial charge in [-0.3, -0.25) is 19.0 Å². The molecule has 8 nitrogen and oxygen atoms in total. The summed E-state index contributed by atoms with van der Waals surface area (Å²) in [7, 11) is 1.55. The van der Waals surface area contributed by atoms with Crippen LogP contribution in [0.5, 0.6) is 5.75 Å². The third kappa shape index (κ3) is 5.07. The molecule has 1 aromatic heterocycles. The lowest BCUT2D eigenvalue weighted by atomic mass is 10.1. The standard InChI is InChI=1S/C26H24ClN3O5/c1-16-21(13-24(31)35-15-29-11-3-4-18(14-29)25(28)32)22-12-20(34-2)9-10-23(22)30(16)26(33)17-5-7-19(27)8-6-17/h3-12H,13-15H2,1-2H3,(H2,28,32). The topological polar surface area (TPSA) is 104 Å². The van der Waals surface area contributed by atoms with Crippen LogP contribution in [0.25, 0.3) is 10.9 Å². The van der Waals surface area contributed by atoms with Crippen molar-refractivity contribution in [1.82, 2.24) is 9.47 Å². The van der Waals surface area contributed by atoms with Crippen molar-refractivity contribution in [2.45, 2.75) is 13.3 Å². The van der Waals surface area contributed by atoms with Gasteiger partial charge in [-0.05, 0) is 61.0 Å². The second-order valence-electron chi connectivity index (χ2n) is 8.06. The Kier molecular flexibility index (Phi) is 6.93. The number of halogens is 1. The number of primary amides is 1. The molecule has 0 atom stereocenters. The summed E-state index contributed by atoms with van der Waals surface area (Å²) < 4.78 is 12.4. The van der Waals surface area contributed by atoms with E-state index in [9.17, 15) is 14.4 Å². The van der Waals surface area contributed by atoms with Crippen LogP contribution in [0.3, 0.4) is 0 Å². The van der Waals surface area contributed by atoms with Gasteiger partial charge in [0.15, 0.2) is 6.73 Å². The first-order valence-electron chi connectivity index (χ1n) is 10.8. The quantitative estimate of drug-likeness (QED) is 0.504. The smallest absolute Gasteiger partial charge is 0.312 e. The van der Waals surface area contributed by atoms with Crippen molar-refractivity contribution >= 4 is 40.3 Å².